The van der Waals surface area contributed by atoms with Crippen LogP contribution in [0.3, 0.4) is 0 Å². The van der Waals surface area contributed by atoms with E-state index < -0.39 is 6.04 Å². The molecule has 0 bridgehead atoms. The first-order chi connectivity index (χ1) is 9.43. The van der Waals surface area contributed by atoms with Crippen molar-refractivity contribution in [1.82, 2.24) is 5.32 Å². The molecule has 1 aromatic rings. The Morgan fingerprint density at radius 2 is 1.90 bits per heavy atom. The Hall–Kier alpha value is -1.04. The van der Waals surface area contributed by atoms with Gasteiger partial charge < -0.3 is 15.8 Å². The van der Waals surface area contributed by atoms with Crippen molar-refractivity contribution in [2.45, 2.75) is 43.0 Å². The molecule has 0 spiro atoms. The van der Waals surface area contributed by atoms with Crippen molar-refractivity contribution in [1.29, 1.82) is 0 Å². The standard InChI is InChI=1S/C15H24N2O2S/c1-10(2)20-13-7-5-12(6-8-13)11(3)17-15(18)14(16)9-19-4/h5-8,10-11,14H,9,16H2,1-4H3,(H,17,18). The number of ether oxygens (including phenoxy) is 1. The highest BCUT2D eigenvalue weighted by molar-refractivity contribution is 7.99. The molecular formula is C15H24N2O2S. The Balaban J connectivity index is 2.59. The molecule has 5 heteroatoms. The average Bonchev–Trinajstić information content (AvgIpc) is 2.39. The minimum Gasteiger partial charge on any atom is -0.383 e. The van der Waals surface area contributed by atoms with Gasteiger partial charge in [-0.2, -0.15) is 0 Å². The fraction of sp³-hybridized carbons (Fsp3) is 0.533. The molecule has 0 saturated heterocycles. The van der Waals surface area contributed by atoms with Gasteiger partial charge in [-0.05, 0) is 24.6 Å². The summed E-state index contributed by atoms with van der Waals surface area (Å²) in [4.78, 5) is 13.0. The second kappa shape index (κ2) is 8.29. The lowest BCUT2D eigenvalue weighted by Crippen LogP contribution is -2.44. The number of thioether (sulfide) groups is 1. The van der Waals surface area contributed by atoms with Gasteiger partial charge in [0.1, 0.15) is 6.04 Å². The maximum Gasteiger partial charge on any atom is 0.239 e. The van der Waals surface area contributed by atoms with Gasteiger partial charge in [0.25, 0.3) is 0 Å². The van der Waals surface area contributed by atoms with E-state index in [2.05, 4.69) is 31.3 Å². The number of amides is 1. The van der Waals surface area contributed by atoms with Crippen LogP contribution in [0, 0.1) is 0 Å². The summed E-state index contributed by atoms with van der Waals surface area (Å²) in [6.07, 6.45) is 0. The zero-order valence-electron chi connectivity index (χ0n) is 12.6. The van der Waals surface area contributed by atoms with Crippen molar-refractivity contribution in [3.05, 3.63) is 29.8 Å². The number of rotatable bonds is 7. The van der Waals surface area contributed by atoms with E-state index in [1.165, 1.54) is 12.0 Å². The van der Waals surface area contributed by atoms with Crippen LogP contribution < -0.4 is 11.1 Å². The molecule has 0 aliphatic heterocycles. The Morgan fingerprint density at radius 1 is 1.30 bits per heavy atom. The minimum absolute atomic E-state index is 0.0662. The molecule has 0 aliphatic carbocycles. The first-order valence-corrected chi connectivity index (χ1v) is 7.63. The summed E-state index contributed by atoms with van der Waals surface area (Å²) in [5, 5.41) is 3.45. The van der Waals surface area contributed by atoms with Crippen LogP contribution >= 0.6 is 11.8 Å². The molecule has 1 amide bonds. The first-order valence-electron chi connectivity index (χ1n) is 6.75. The Morgan fingerprint density at radius 3 is 2.40 bits per heavy atom. The SMILES string of the molecule is COCC(N)C(=O)NC(C)c1ccc(SC(C)C)cc1. The number of methoxy groups -OCH3 is 1. The molecule has 112 valence electrons. The van der Waals surface area contributed by atoms with Crippen LogP contribution in [0.15, 0.2) is 29.2 Å². The third-order valence-electron chi connectivity index (χ3n) is 2.79. The van der Waals surface area contributed by atoms with Crippen LogP contribution in [0.25, 0.3) is 0 Å². The molecule has 4 nitrogen and oxygen atoms in total. The zero-order valence-corrected chi connectivity index (χ0v) is 13.4. The Kier molecular flexibility index (Phi) is 7.05. The van der Waals surface area contributed by atoms with Crippen molar-refractivity contribution in [2.24, 2.45) is 5.73 Å². The van der Waals surface area contributed by atoms with Crippen molar-refractivity contribution >= 4 is 17.7 Å². The van der Waals surface area contributed by atoms with E-state index in [1.807, 2.05) is 30.8 Å². The maximum absolute atomic E-state index is 11.8. The third kappa shape index (κ3) is 5.53. The van der Waals surface area contributed by atoms with Crippen molar-refractivity contribution in [3.63, 3.8) is 0 Å². The molecule has 0 saturated carbocycles. The monoisotopic (exact) mass is 296 g/mol. The maximum atomic E-state index is 11.8. The summed E-state index contributed by atoms with van der Waals surface area (Å²) in [6, 6.07) is 7.55. The highest BCUT2D eigenvalue weighted by Crippen LogP contribution is 2.24. The predicted octanol–water partition coefficient (Wildman–Crippen LogP) is 2.34. The molecule has 0 fully saturated rings. The van der Waals surface area contributed by atoms with Gasteiger partial charge in [-0.3, -0.25) is 4.79 Å². The highest BCUT2D eigenvalue weighted by atomic mass is 32.2. The summed E-state index contributed by atoms with van der Waals surface area (Å²) in [7, 11) is 1.53. The molecule has 2 unspecified atom stereocenters. The molecule has 0 aliphatic rings. The number of benzene rings is 1. The second-order valence-corrected chi connectivity index (χ2v) is 6.68. The molecule has 3 N–H and O–H groups in total. The van der Waals surface area contributed by atoms with Gasteiger partial charge in [-0.25, -0.2) is 0 Å². The number of carbonyl (C=O) groups excluding carboxylic acids is 1. The fourth-order valence-electron chi connectivity index (χ4n) is 1.77. The van der Waals surface area contributed by atoms with Crippen LogP contribution in [0.4, 0.5) is 0 Å². The first kappa shape index (κ1) is 17.0. The summed E-state index contributed by atoms with van der Waals surface area (Å²) in [5.74, 6) is -0.194. The molecule has 1 aromatic carbocycles. The van der Waals surface area contributed by atoms with Crippen LogP contribution in [0.1, 0.15) is 32.4 Å². The number of nitrogens with two attached hydrogens (primary N) is 1. The molecule has 20 heavy (non-hydrogen) atoms. The topological polar surface area (TPSA) is 64.3 Å². The third-order valence-corrected chi connectivity index (χ3v) is 3.81. The van der Waals surface area contributed by atoms with Gasteiger partial charge in [0.2, 0.25) is 5.91 Å². The number of nitrogens with one attached hydrogen (secondary N) is 1. The summed E-state index contributed by atoms with van der Waals surface area (Å²) >= 11 is 1.82. The van der Waals surface area contributed by atoms with Gasteiger partial charge >= 0.3 is 0 Å². The number of hydrogen-bond donors (Lipinski definition) is 2. The second-order valence-electron chi connectivity index (χ2n) is 5.03. The number of carbonyl (C=O) groups is 1. The zero-order chi connectivity index (χ0) is 15.1. The highest BCUT2D eigenvalue weighted by Gasteiger charge is 2.16. The average molecular weight is 296 g/mol. The van der Waals surface area contributed by atoms with Gasteiger partial charge in [0.15, 0.2) is 0 Å². The summed E-state index contributed by atoms with van der Waals surface area (Å²) < 4.78 is 4.88. The van der Waals surface area contributed by atoms with E-state index in [1.54, 1.807) is 0 Å². The van der Waals surface area contributed by atoms with E-state index in [4.69, 9.17) is 10.5 Å². The Bertz CT molecular complexity index is 420. The summed E-state index contributed by atoms with van der Waals surface area (Å²) in [5.41, 5.74) is 6.76. The predicted molar refractivity (Wildman–Crippen MR) is 83.8 cm³/mol. The molecule has 2 atom stereocenters. The van der Waals surface area contributed by atoms with Gasteiger partial charge in [0, 0.05) is 17.3 Å². The van der Waals surface area contributed by atoms with E-state index in [-0.39, 0.29) is 18.6 Å². The van der Waals surface area contributed by atoms with Gasteiger partial charge in [-0.1, -0.05) is 26.0 Å². The lowest BCUT2D eigenvalue weighted by atomic mass is 10.1. The van der Waals surface area contributed by atoms with Crippen LogP contribution in [-0.4, -0.2) is 30.9 Å². The molecule has 0 radical (unpaired) electrons. The molecule has 0 heterocycles. The normalized spacial score (nSPS) is 14.1. The minimum atomic E-state index is -0.627. The molecular weight excluding hydrogens is 272 g/mol. The Labute approximate surface area is 125 Å². The largest absolute Gasteiger partial charge is 0.383 e. The quantitative estimate of drug-likeness (QED) is 0.758. The molecule has 1 rings (SSSR count). The van der Waals surface area contributed by atoms with Crippen molar-refractivity contribution in [3.8, 4) is 0 Å². The van der Waals surface area contributed by atoms with Crippen LogP contribution in [0.2, 0.25) is 0 Å². The van der Waals surface area contributed by atoms with E-state index in [0.717, 1.165) is 5.56 Å². The van der Waals surface area contributed by atoms with E-state index in [9.17, 15) is 4.79 Å². The van der Waals surface area contributed by atoms with Crippen LogP contribution in [-0.2, 0) is 9.53 Å². The lowest BCUT2D eigenvalue weighted by molar-refractivity contribution is -0.124. The van der Waals surface area contributed by atoms with Crippen molar-refractivity contribution in [2.75, 3.05) is 13.7 Å². The number of hydrogen-bond acceptors (Lipinski definition) is 4. The summed E-state index contributed by atoms with van der Waals surface area (Å²) in [6.45, 7) is 6.50. The fourth-order valence-corrected chi connectivity index (χ4v) is 2.60. The lowest BCUT2D eigenvalue weighted by Gasteiger charge is -2.18. The van der Waals surface area contributed by atoms with Gasteiger partial charge in [0.05, 0.1) is 12.6 Å². The molecule has 0 aromatic heterocycles. The van der Waals surface area contributed by atoms with Crippen LogP contribution in [0.5, 0.6) is 0 Å². The smallest absolute Gasteiger partial charge is 0.239 e. The van der Waals surface area contributed by atoms with E-state index >= 15 is 0 Å². The van der Waals surface area contributed by atoms with Gasteiger partial charge in [-0.15, -0.1) is 11.8 Å². The van der Waals surface area contributed by atoms with Crippen molar-refractivity contribution < 1.29 is 9.53 Å². The van der Waals surface area contributed by atoms with E-state index in [0.29, 0.717) is 5.25 Å².